The van der Waals surface area contributed by atoms with Crippen molar-refractivity contribution < 1.29 is 93.9 Å². The first kappa shape index (κ1) is 31.5. The van der Waals surface area contributed by atoms with Crippen LogP contribution in [0.4, 0.5) is 4.79 Å². The number of carbonyl (C=O) groups is 4. The summed E-state index contributed by atoms with van der Waals surface area (Å²) in [5.41, 5.74) is -3.13. The van der Waals surface area contributed by atoms with Crippen LogP contribution in [0.2, 0.25) is 0 Å². The van der Waals surface area contributed by atoms with E-state index in [4.69, 9.17) is 34.3 Å². The second-order valence-electron chi connectivity index (χ2n) is 8.51. The van der Waals surface area contributed by atoms with Crippen molar-refractivity contribution in [1.29, 1.82) is 0 Å². The van der Waals surface area contributed by atoms with E-state index in [0.29, 0.717) is 0 Å². The fraction of sp³-hybridized carbons (Fsp3) is 0.789. The van der Waals surface area contributed by atoms with Crippen LogP contribution in [0.5, 0.6) is 0 Å². The van der Waals surface area contributed by atoms with Gasteiger partial charge in [0.25, 0.3) is 0 Å². The molecule has 10 atom stereocenters. The Morgan fingerprint density at radius 3 is 1.95 bits per heavy atom. The monoisotopic (exact) mass is 560 g/mol. The molecular weight excluding hydrogens is 532 g/mol. The zero-order chi connectivity index (χ0) is 29.0. The third-order valence-electron chi connectivity index (χ3n) is 5.76. The number of esters is 1. The number of carboxylic acids is 2. The zero-order valence-electron chi connectivity index (χ0n) is 19.3. The SMILES string of the molecule is O=C(O)CC(O)(CC(=O)OC[C@@]1(O[C@H]2O[C@H](CO)[C@@H](O)[C@H](O)[C@H]2O)O[C@H](CO)[C@@H](O)[C@@H]1OC(=O)O)C(=O)O. The first-order valence-electron chi connectivity index (χ1n) is 10.8. The van der Waals surface area contributed by atoms with Crippen LogP contribution in [0.15, 0.2) is 0 Å². The molecule has 0 aliphatic carbocycles. The van der Waals surface area contributed by atoms with Crippen LogP contribution >= 0.6 is 0 Å². The molecule has 0 aromatic rings. The highest BCUT2D eigenvalue weighted by molar-refractivity contribution is 5.88. The van der Waals surface area contributed by atoms with Crippen molar-refractivity contribution in [2.45, 2.75) is 73.2 Å². The van der Waals surface area contributed by atoms with Crippen LogP contribution in [-0.2, 0) is 38.1 Å². The molecule has 19 heteroatoms. The van der Waals surface area contributed by atoms with Gasteiger partial charge in [-0.05, 0) is 0 Å². The maximum atomic E-state index is 12.3. The van der Waals surface area contributed by atoms with Gasteiger partial charge in [0.15, 0.2) is 18.0 Å². The molecule has 0 spiro atoms. The van der Waals surface area contributed by atoms with E-state index in [9.17, 15) is 54.9 Å². The molecule has 2 saturated heterocycles. The predicted octanol–water partition coefficient (Wildman–Crippen LogP) is -5.46. The average molecular weight is 560 g/mol. The number of hydrogen-bond acceptors (Lipinski definition) is 16. The minimum Gasteiger partial charge on any atom is -0.481 e. The van der Waals surface area contributed by atoms with E-state index in [-0.39, 0.29) is 0 Å². The lowest BCUT2D eigenvalue weighted by atomic mass is 9.96. The highest BCUT2D eigenvalue weighted by Crippen LogP contribution is 2.38. The van der Waals surface area contributed by atoms with E-state index >= 15 is 0 Å². The standard InChI is InChI=1S/C19H28O19/c20-3-6-10(25)12(27)13(28)15(35-6)38-19(14(36-17(31)32)11(26)7(4-21)37-19)5-34-9(24)2-18(33,16(29)30)1-8(22)23/h6-7,10-15,20-21,25-28,33H,1-5H2,(H,22,23)(H,29,30)(H,31,32)/t6-,7-,10-,11-,12+,13-,14+,15-,18?,19+/m1/s1. The third-order valence-corrected chi connectivity index (χ3v) is 5.76. The number of carbonyl (C=O) groups excluding carboxylic acids is 1. The largest absolute Gasteiger partial charge is 0.506 e. The Bertz CT molecular complexity index is 878. The van der Waals surface area contributed by atoms with Gasteiger partial charge >= 0.3 is 24.1 Å². The van der Waals surface area contributed by atoms with Crippen molar-refractivity contribution in [3.63, 3.8) is 0 Å². The van der Waals surface area contributed by atoms with Gasteiger partial charge in [-0.15, -0.1) is 0 Å². The molecule has 2 rings (SSSR count). The number of rotatable bonds is 12. The van der Waals surface area contributed by atoms with Gasteiger partial charge in [-0.1, -0.05) is 0 Å². The Morgan fingerprint density at radius 1 is 0.842 bits per heavy atom. The van der Waals surface area contributed by atoms with Gasteiger partial charge in [-0.3, -0.25) is 9.59 Å². The first-order valence-corrected chi connectivity index (χ1v) is 10.8. The molecule has 0 radical (unpaired) electrons. The summed E-state index contributed by atoms with van der Waals surface area (Å²) >= 11 is 0. The predicted molar refractivity (Wildman–Crippen MR) is 109 cm³/mol. The van der Waals surface area contributed by atoms with Crippen LogP contribution in [0.3, 0.4) is 0 Å². The molecule has 2 aliphatic rings. The van der Waals surface area contributed by atoms with Crippen molar-refractivity contribution in [3.8, 4) is 0 Å². The Hall–Kier alpha value is -2.72. The zero-order valence-corrected chi connectivity index (χ0v) is 19.3. The van der Waals surface area contributed by atoms with Crippen molar-refractivity contribution in [2.24, 2.45) is 0 Å². The molecule has 2 fully saturated rings. The van der Waals surface area contributed by atoms with Crippen LogP contribution < -0.4 is 0 Å². The lowest BCUT2D eigenvalue weighted by molar-refractivity contribution is -0.383. The van der Waals surface area contributed by atoms with Crippen LogP contribution in [0.25, 0.3) is 0 Å². The molecule has 0 bridgehead atoms. The summed E-state index contributed by atoms with van der Waals surface area (Å²) in [6.45, 7) is -3.22. The quantitative estimate of drug-likeness (QED) is 0.0995. The van der Waals surface area contributed by atoms with Crippen LogP contribution in [0, 0.1) is 0 Å². The Labute approximate surface area is 211 Å². The molecule has 0 aromatic heterocycles. The highest BCUT2D eigenvalue weighted by Gasteiger charge is 2.62. The molecule has 2 aliphatic heterocycles. The summed E-state index contributed by atoms with van der Waals surface area (Å²) in [6, 6.07) is 0. The highest BCUT2D eigenvalue weighted by atomic mass is 16.8. The van der Waals surface area contributed by atoms with E-state index in [0.717, 1.165) is 0 Å². The van der Waals surface area contributed by atoms with Gasteiger partial charge < -0.3 is 74.7 Å². The molecule has 218 valence electrons. The number of aliphatic hydroxyl groups is 7. The van der Waals surface area contributed by atoms with E-state index in [2.05, 4.69) is 4.74 Å². The van der Waals surface area contributed by atoms with Crippen LogP contribution in [-0.4, -0.2) is 155 Å². The van der Waals surface area contributed by atoms with E-state index in [1.54, 1.807) is 0 Å². The molecule has 19 nitrogen and oxygen atoms in total. The van der Waals surface area contributed by atoms with Gasteiger partial charge in [0.1, 0.15) is 43.2 Å². The Balaban J connectivity index is 2.39. The number of aliphatic hydroxyl groups excluding tert-OH is 6. The number of aliphatic carboxylic acids is 2. The number of ether oxygens (including phenoxy) is 5. The normalized spacial score (nSPS) is 36.7. The molecule has 2 heterocycles. The summed E-state index contributed by atoms with van der Waals surface area (Å²) in [6.07, 6.45) is -20.4. The third kappa shape index (κ3) is 6.83. The van der Waals surface area contributed by atoms with E-state index < -0.39 is 117 Å². The van der Waals surface area contributed by atoms with Crippen molar-refractivity contribution in [2.75, 3.05) is 19.8 Å². The van der Waals surface area contributed by atoms with E-state index in [1.807, 2.05) is 0 Å². The minimum absolute atomic E-state index is 0.915. The molecule has 0 amide bonds. The Morgan fingerprint density at radius 2 is 1.45 bits per heavy atom. The summed E-state index contributed by atoms with van der Waals surface area (Å²) < 4.78 is 25.3. The van der Waals surface area contributed by atoms with Gasteiger partial charge in [0, 0.05) is 0 Å². The molecular formula is C19H28O19. The van der Waals surface area contributed by atoms with Crippen molar-refractivity contribution >= 4 is 24.1 Å². The second kappa shape index (κ2) is 12.4. The maximum Gasteiger partial charge on any atom is 0.506 e. The summed E-state index contributed by atoms with van der Waals surface area (Å²) in [4.78, 5) is 45.8. The van der Waals surface area contributed by atoms with Gasteiger partial charge in [0.2, 0.25) is 5.79 Å². The van der Waals surface area contributed by atoms with Gasteiger partial charge in [-0.25, -0.2) is 9.59 Å². The number of carboxylic acid groups (broad SMARTS) is 3. The topological polar surface area (TPSA) is 317 Å². The average Bonchev–Trinajstić information content (AvgIpc) is 3.08. The fourth-order valence-electron chi connectivity index (χ4n) is 3.80. The minimum atomic E-state index is -3.13. The summed E-state index contributed by atoms with van der Waals surface area (Å²) in [5.74, 6) is -8.26. The maximum absolute atomic E-state index is 12.3. The molecule has 38 heavy (non-hydrogen) atoms. The smallest absolute Gasteiger partial charge is 0.481 e. The second-order valence-corrected chi connectivity index (χ2v) is 8.51. The molecule has 1 unspecified atom stereocenters. The number of hydrogen-bond donors (Lipinski definition) is 10. The molecule has 0 aromatic carbocycles. The first-order chi connectivity index (χ1) is 17.6. The van der Waals surface area contributed by atoms with Gasteiger partial charge in [-0.2, -0.15) is 0 Å². The fourth-order valence-corrected chi connectivity index (χ4v) is 3.80. The van der Waals surface area contributed by atoms with Crippen molar-refractivity contribution in [3.05, 3.63) is 0 Å². The van der Waals surface area contributed by atoms with Gasteiger partial charge in [0.05, 0.1) is 26.1 Å². The van der Waals surface area contributed by atoms with E-state index in [1.165, 1.54) is 0 Å². The summed E-state index contributed by atoms with van der Waals surface area (Å²) in [5, 5.41) is 96.7. The lowest BCUT2D eigenvalue weighted by Crippen LogP contribution is -2.63. The van der Waals surface area contributed by atoms with Crippen molar-refractivity contribution in [1.82, 2.24) is 0 Å². The lowest BCUT2D eigenvalue weighted by Gasteiger charge is -2.43. The molecule has 10 N–H and O–H groups in total. The molecule has 0 saturated carbocycles. The summed E-state index contributed by atoms with van der Waals surface area (Å²) in [7, 11) is 0. The van der Waals surface area contributed by atoms with Crippen LogP contribution in [0.1, 0.15) is 12.8 Å². The Kier molecular flexibility index (Phi) is 10.3.